The largest absolute Gasteiger partial charge is 0.360 e. The Kier molecular flexibility index (Phi) is 3.66. The van der Waals surface area contributed by atoms with E-state index < -0.39 is 0 Å². The van der Waals surface area contributed by atoms with Crippen LogP contribution < -0.4 is 16.0 Å². The Morgan fingerprint density at radius 3 is 2.95 bits per heavy atom. The second-order valence-electron chi connectivity index (χ2n) is 5.39. The van der Waals surface area contributed by atoms with E-state index >= 15 is 0 Å². The molecule has 22 heavy (non-hydrogen) atoms. The van der Waals surface area contributed by atoms with Crippen LogP contribution in [0, 0.1) is 12.8 Å². The smallest absolute Gasteiger partial charge is 0.247 e. The van der Waals surface area contributed by atoms with Crippen LogP contribution in [-0.2, 0) is 4.79 Å². The summed E-state index contributed by atoms with van der Waals surface area (Å²) >= 11 is 0. The van der Waals surface area contributed by atoms with Crippen LogP contribution >= 0.6 is 0 Å². The van der Waals surface area contributed by atoms with Gasteiger partial charge in [0, 0.05) is 6.07 Å². The first-order valence-electron chi connectivity index (χ1n) is 7.21. The predicted octanol–water partition coefficient (Wildman–Crippen LogP) is 2.30. The van der Waals surface area contributed by atoms with Crippen molar-refractivity contribution in [2.45, 2.75) is 33.2 Å². The highest BCUT2D eigenvalue weighted by Gasteiger charge is 2.31. The molecular weight excluding hydrogens is 284 g/mol. The number of nitrogens with one attached hydrogen (secondary N) is 3. The van der Waals surface area contributed by atoms with E-state index in [1.165, 1.54) is 6.33 Å². The lowest BCUT2D eigenvalue weighted by Gasteiger charge is -2.30. The first-order chi connectivity index (χ1) is 10.6. The van der Waals surface area contributed by atoms with Crippen molar-refractivity contribution in [3.8, 4) is 0 Å². The van der Waals surface area contributed by atoms with E-state index in [0.717, 1.165) is 6.42 Å². The number of nitrogens with zero attached hydrogens (tertiary/aromatic N) is 3. The second-order valence-corrected chi connectivity index (χ2v) is 5.39. The van der Waals surface area contributed by atoms with Gasteiger partial charge in [0.1, 0.15) is 23.8 Å². The summed E-state index contributed by atoms with van der Waals surface area (Å²) < 4.78 is 5.01. The summed E-state index contributed by atoms with van der Waals surface area (Å²) in [5, 5.41) is 12.9. The molecule has 2 aromatic rings. The summed E-state index contributed by atoms with van der Waals surface area (Å²) in [7, 11) is 0. The molecule has 0 saturated heterocycles. The zero-order valence-corrected chi connectivity index (χ0v) is 12.7. The summed E-state index contributed by atoms with van der Waals surface area (Å²) in [4.78, 5) is 20.6. The third kappa shape index (κ3) is 2.59. The Morgan fingerprint density at radius 1 is 1.45 bits per heavy atom. The van der Waals surface area contributed by atoms with Gasteiger partial charge in [0.05, 0.1) is 0 Å². The lowest BCUT2D eigenvalue weighted by molar-refractivity contribution is -0.118. The van der Waals surface area contributed by atoms with Gasteiger partial charge in [-0.05, 0) is 12.8 Å². The average Bonchev–Trinajstić information content (AvgIpc) is 2.92. The molecule has 3 rings (SSSR count). The molecule has 0 bridgehead atoms. The highest BCUT2D eigenvalue weighted by atomic mass is 16.5. The van der Waals surface area contributed by atoms with Gasteiger partial charge >= 0.3 is 0 Å². The Labute approximate surface area is 127 Å². The van der Waals surface area contributed by atoms with Gasteiger partial charge in [-0.3, -0.25) is 4.79 Å². The van der Waals surface area contributed by atoms with E-state index in [1.54, 1.807) is 13.0 Å². The third-order valence-electron chi connectivity index (χ3n) is 3.76. The minimum Gasteiger partial charge on any atom is -0.360 e. The Morgan fingerprint density at radius 2 is 2.27 bits per heavy atom. The van der Waals surface area contributed by atoms with E-state index in [9.17, 15) is 4.79 Å². The molecular formula is C14H18N6O2. The maximum absolute atomic E-state index is 12.3. The van der Waals surface area contributed by atoms with Crippen molar-refractivity contribution >= 4 is 29.0 Å². The molecule has 2 aromatic heterocycles. The number of aryl methyl sites for hydroxylation is 1. The molecule has 1 aliphatic rings. The molecule has 1 amide bonds. The fraction of sp³-hybridized carbons (Fsp3) is 0.429. The van der Waals surface area contributed by atoms with Crippen LogP contribution in [0.4, 0.5) is 23.1 Å². The maximum atomic E-state index is 12.3. The number of amides is 1. The van der Waals surface area contributed by atoms with Gasteiger partial charge in [-0.25, -0.2) is 9.97 Å². The van der Waals surface area contributed by atoms with Gasteiger partial charge in [-0.2, -0.15) is 0 Å². The number of anilines is 4. The lowest BCUT2D eigenvalue weighted by Crippen LogP contribution is -2.43. The zero-order chi connectivity index (χ0) is 15.7. The number of fused-ring (bicyclic) bond motifs is 1. The molecule has 3 heterocycles. The quantitative estimate of drug-likeness (QED) is 0.795. The Balaban J connectivity index is 1.89. The summed E-state index contributed by atoms with van der Waals surface area (Å²) in [6.07, 6.45) is 2.33. The average molecular weight is 302 g/mol. The summed E-state index contributed by atoms with van der Waals surface area (Å²) in [5.41, 5.74) is 0.521. The fourth-order valence-electron chi connectivity index (χ4n) is 2.30. The minimum absolute atomic E-state index is 0.0870. The van der Waals surface area contributed by atoms with E-state index in [2.05, 4.69) is 38.0 Å². The van der Waals surface area contributed by atoms with Gasteiger partial charge in [0.2, 0.25) is 5.91 Å². The van der Waals surface area contributed by atoms with E-state index in [1.807, 2.05) is 6.92 Å². The third-order valence-corrected chi connectivity index (χ3v) is 3.76. The summed E-state index contributed by atoms with van der Waals surface area (Å²) in [5.74, 6) is 2.40. The van der Waals surface area contributed by atoms with Crippen LogP contribution in [0.3, 0.4) is 0 Å². The first-order valence-corrected chi connectivity index (χ1v) is 7.21. The van der Waals surface area contributed by atoms with Crippen LogP contribution in [0.5, 0.6) is 0 Å². The molecule has 0 fully saturated rings. The molecule has 2 atom stereocenters. The van der Waals surface area contributed by atoms with Crippen molar-refractivity contribution in [1.82, 2.24) is 15.1 Å². The number of rotatable bonds is 4. The highest BCUT2D eigenvalue weighted by Crippen LogP contribution is 2.33. The zero-order valence-electron chi connectivity index (χ0n) is 12.7. The summed E-state index contributed by atoms with van der Waals surface area (Å²) in [6.45, 7) is 5.88. The molecule has 0 aliphatic carbocycles. The first kappa shape index (κ1) is 14.3. The van der Waals surface area contributed by atoms with Crippen molar-refractivity contribution in [2.75, 3.05) is 16.0 Å². The number of aromatic nitrogens is 3. The van der Waals surface area contributed by atoms with Gasteiger partial charge < -0.3 is 20.5 Å². The SMILES string of the molecule is CCC(C)C1Nc2ncnc(Nc3cc(C)on3)c2NC1=O. The van der Waals surface area contributed by atoms with E-state index in [-0.39, 0.29) is 17.9 Å². The molecule has 0 aromatic carbocycles. The van der Waals surface area contributed by atoms with Crippen molar-refractivity contribution in [3.05, 3.63) is 18.2 Å². The minimum atomic E-state index is -0.297. The van der Waals surface area contributed by atoms with Gasteiger partial charge in [-0.1, -0.05) is 25.4 Å². The van der Waals surface area contributed by atoms with E-state index in [4.69, 9.17) is 4.52 Å². The van der Waals surface area contributed by atoms with Gasteiger partial charge in [0.25, 0.3) is 0 Å². The standard InChI is InChI=1S/C14H18N6O2/c1-4-7(2)10-14(21)19-11-12(15-6-16-13(11)18-10)17-9-5-8(3)22-20-9/h5-7,10H,4H2,1-3H3,(H,19,21)(H2,15,16,17,18,20). The van der Waals surface area contributed by atoms with Crippen molar-refractivity contribution in [3.63, 3.8) is 0 Å². The van der Waals surface area contributed by atoms with Crippen LogP contribution in [0.1, 0.15) is 26.0 Å². The predicted molar refractivity (Wildman–Crippen MR) is 82.1 cm³/mol. The number of carbonyl (C=O) groups is 1. The van der Waals surface area contributed by atoms with Crippen LogP contribution in [-0.4, -0.2) is 27.1 Å². The van der Waals surface area contributed by atoms with Gasteiger partial charge in [-0.15, -0.1) is 0 Å². The highest BCUT2D eigenvalue weighted by molar-refractivity contribution is 6.05. The van der Waals surface area contributed by atoms with Gasteiger partial charge in [0.15, 0.2) is 17.5 Å². The normalized spacial score (nSPS) is 18.1. The molecule has 3 N–H and O–H groups in total. The number of hydrogen-bond donors (Lipinski definition) is 3. The molecule has 8 nitrogen and oxygen atoms in total. The maximum Gasteiger partial charge on any atom is 0.247 e. The fourth-order valence-corrected chi connectivity index (χ4v) is 2.30. The van der Waals surface area contributed by atoms with Crippen LogP contribution in [0.2, 0.25) is 0 Å². The van der Waals surface area contributed by atoms with Crippen molar-refractivity contribution in [1.29, 1.82) is 0 Å². The molecule has 0 saturated carbocycles. The molecule has 0 radical (unpaired) electrons. The lowest BCUT2D eigenvalue weighted by atomic mass is 9.97. The monoisotopic (exact) mass is 302 g/mol. The van der Waals surface area contributed by atoms with Crippen LogP contribution in [0.15, 0.2) is 16.9 Å². The Bertz CT molecular complexity index is 698. The number of carbonyl (C=O) groups excluding carboxylic acids is 1. The number of hydrogen-bond acceptors (Lipinski definition) is 7. The second kappa shape index (κ2) is 5.63. The molecule has 8 heteroatoms. The molecule has 116 valence electrons. The van der Waals surface area contributed by atoms with Crippen LogP contribution in [0.25, 0.3) is 0 Å². The molecule has 1 aliphatic heterocycles. The topological polar surface area (TPSA) is 105 Å². The van der Waals surface area contributed by atoms with Crippen molar-refractivity contribution < 1.29 is 9.32 Å². The molecule has 2 unspecified atom stereocenters. The molecule has 0 spiro atoms. The summed E-state index contributed by atoms with van der Waals surface area (Å²) in [6, 6.07) is 1.45. The Hall–Kier alpha value is -2.64. The van der Waals surface area contributed by atoms with E-state index in [0.29, 0.717) is 28.9 Å². The van der Waals surface area contributed by atoms with Crippen molar-refractivity contribution in [2.24, 2.45) is 5.92 Å².